The minimum Gasteiger partial charge on any atom is -0.338 e. The number of benzene rings is 2. The normalized spacial score (nSPS) is 13.5. The molecule has 0 fully saturated rings. The summed E-state index contributed by atoms with van der Waals surface area (Å²) in [4.78, 5) is 26.6. The molecule has 1 N–H and O–H groups in total. The van der Waals surface area contributed by atoms with Crippen molar-refractivity contribution in [3.8, 4) is 0 Å². The van der Waals surface area contributed by atoms with E-state index in [1.54, 1.807) is 6.07 Å². The number of hydrogen-bond donors (Lipinski definition) is 1. The van der Waals surface area contributed by atoms with Crippen molar-refractivity contribution in [1.82, 2.24) is 4.90 Å². The Morgan fingerprint density at radius 3 is 2.60 bits per heavy atom. The summed E-state index contributed by atoms with van der Waals surface area (Å²) >= 11 is 3.40. The molecule has 2 aromatic carbocycles. The number of fused-ring (bicyclic) bond motifs is 1. The number of nitrogens with zero attached hydrogens (tertiary/aromatic N) is 1. The topological polar surface area (TPSA) is 49.4 Å². The predicted octanol–water partition coefficient (Wildman–Crippen LogP) is 4.24. The number of rotatable bonds is 3. The molecule has 0 aromatic heterocycles. The fourth-order valence-corrected chi connectivity index (χ4v) is 3.50. The van der Waals surface area contributed by atoms with E-state index in [0.717, 1.165) is 28.7 Å². The lowest BCUT2D eigenvalue weighted by Gasteiger charge is -2.30. The molecule has 0 spiro atoms. The summed E-state index contributed by atoms with van der Waals surface area (Å²) in [6, 6.07) is 13.3. The molecule has 0 unspecified atom stereocenters. The van der Waals surface area contributed by atoms with Gasteiger partial charge in [0.2, 0.25) is 5.91 Å². The third-order valence-electron chi connectivity index (χ3n) is 4.40. The zero-order valence-electron chi connectivity index (χ0n) is 14.4. The predicted molar refractivity (Wildman–Crippen MR) is 102 cm³/mol. The second-order valence-electron chi connectivity index (χ2n) is 6.58. The first-order valence-corrected chi connectivity index (χ1v) is 9.21. The van der Waals surface area contributed by atoms with Crippen molar-refractivity contribution >= 4 is 33.4 Å². The van der Waals surface area contributed by atoms with E-state index in [1.165, 1.54) is 5.56 Å². The molecule has 3 rings (SSSR count). The Kier molecular flexibility index (Phi) is 5.23. The molecular formula is C20H21BrN2O2. The van der Waals surface area contributed by atoms with Crippen molar-refractivity contribution in [3.63, 3.8) is 0 Å². The van der Waals surface area contributed by atoms with Gasteiger partial charge in [0.25, 0.3) is 5.91 Å². The zero-order chi connectivity index (χ0) is 18.0. The SMILES string of the molecule is CC(C)C(=O)N1CCc2ccc(NC(=O)c3ccccc3Br)cc2C1. The van der Waals surface area contributed by atoms with Crippen molar-refractivity contribution in [2.24, 2.45) is 5.92 Å². The van der Waals surface area contributed by atoms with E-state index in [1.807, 2.05) is 55.1 Å². The van der Waals surface area contributed by atoms with Gasteiger partial charge in [-0.15, -0.1) is 0 Å². The van der Waals surface area contributed by atoms with E-state index in [9.17, 15) is 9.59 Å². The lowest BCUT2D eigenvalue weighted by Crippen LogP contribution is -2.38. The summed E-state index contributed by atoms with van der Waals surface area (Å²) in [5.74, 6) is 0.0199. The van der Waals surface area contributed by atoms with Gasteiger partial charge >= 0.3 is 0 Å². The van der Waals surface area contributed by atoms with Gasteiger partial charge in [0.15, 0.2) is 0 Å². The third-order valence-corrected chi connectivity index (χ3v) is 5.09. The highest BCUT2D eigenvalue weighted by Gasteiger charge is 2.23. The summed E-state index contributed by atoms with van der Waals surface area (Å²) in [6.45, 7) is 5.20. The second-order valence-corrected chi connectivity index (χ2v) is 7.44. The number of halogens is 1. The minimum atomic E-state index is -0.154. The summed E-state index contributed by atoms with van der Waals surface area (Å²) in [5.41, 5.74) is 3.69. The van der Waals surface area contributed by atoms with Crippen LogP contribution in [-0.2, 0) is 17.8 Å². The highest BCUT2D eigenvalue weighted by molar-refractivity contribution is 9.10. The summed E-state index contributed by atoms with van der Waals surface area (Å²) in [6.07, 6.45) is 0.853. The molecule has 0 saturated carbocycles. The average molecular weight is 401 g/mol. The van der Waals surface area contributed by atoms with Gasteiger partial charge in [0.05, 0.1) is 5.56 Å². The molecule has 1 aliphatic heterocycles. The molecule has 1 aliphatic rings. The number of carbonyl (C=O) groups is 2. The molecule has 0 aliphatic carbocycles. The van der Waals surface area contributed by atoms with Crippen LogP contribution in [0, 0.1) is 5.92 Å². The van der Waals surface area contributed by atoms with Crippen LogP contribution in [0.25, 0.3) is 0 Å². The van der Waals surface area contributed by atoms with Crippen LogP contribution in [0.15, 0.2) is 46.9 Å². The Labute approximate surface area is 156 Å². The van der Waals surface area contributed by atoms with Gasteiger partial charge in [-0.3, -0.25) is 9.59 Å². The van der Waals surface area contributed by atoms with Crippen LogP contribution in [-0.4, -0.2) is 23.3 Å². The Hall–Kier alpha value is -2.14. The van der Waals surface area contributed by atoms with Crippen molar-refractivity contribution in [2.45, 2.75) is 26.8 Å². The van der Waals surface area contributed by atoms with E-state index < -0.39 is 0 Å². The molecule has 2 aromatic rings. The lowest BCUT2D eigenvalue weighted by molar-refractivity contribution is -0.135. The molecule has 4 nitrogen and oxygen atoms in total. The van der Waals surface area contributed by atoms with Crippen molar-refractivity contribution in [2.75, 3.05) is 11.9 Å². The first kappa shape index (κ1) is 17.7. The molecule has 25 heavy (non-hydrogen) atoms. The highest BCUT2D eigenvalue weighted by Crippen LogP contribution is 2.25. The Morgan fingerprint density at radius 2 is 1.88 bits per heavy atom. The quantitative estimate of drug-likeness (QED) is 0.837. The molecule has 0 atom stereocenters. The first-order chi connectivity index (χ1) is 12.0. The molecule has 2 amide bonds. The fourth-order valence-electron chi connectivity index (χ4n) is 3.03. The van der Waals surface area contributed by atoms with Crippen molar-refractivity contribution < 1.29 is 9.59 Å². The molecule has 130 valence electrons. The van der Waals surface area contributed by atoms with Gasteiger partial charge in [-0.2, -0.15) is 0 Å². The minimum absolute atomic E-state index is 0.000124. The van der Waals surface area contributed by atoms with Crippen molar-refractivity contribution in [1.29, 1.82) is 0 Å². The maximum absolute atomic E-state index is 12.5. The number of anilines is 1. The fraction of sp³-hybridized carbons (Fsp3) is 0.300. The van der Waals surface area contributed by atoms with Crippen LogP contribution in [0.2, 0.25) is 0 Å². The first-order valence-electron chi connectivity index (χ1n) is 8.42. The van der Waals surface area contributed by atoms with E-state index in [-0.39, 0.29) is 17.7 Å². The van der Waals surface area contributed by atoms with Gasteiger partial charge in [-0.25, -0.2) is 0 Å². The van der Waals surface area contributed by atoms with E-state index in [4.69, 9.17) is 0 Å². The molecule has 0 bridgehead atoms. The number of hydrogen-bond acceptors (Lipinski definition) is 2. The number of nitrogens with one attached hydrogen (secondary N) is 1. The van der Waals surface area contributed by atoms with Crippen LogP contribution in [0.1, 0.15) is 35.3 Å². The average Bonchev–Trinajstić information content (AvgIpc) is 2.60. The smallest absolute Gasteiger partial charge is 0.256 e. The molecule has 5 heteroatoms. The van der Waals surface area contributed by atoms with Gasteiger partial charge in [-0.1, -0.05) is 32.0 Å². The van der Waals surface area contributed by atoms with Crippen LogP contribution in [0.4, 0.5) is 5.69 Å². The third kappa shape index (κ3) is 3.93. The maximum Gasteiger partial charge on any atom is 0.256 e. The van der Waals surface area contributed by atoms with Crippen LogP contribution >= 0.6 is 15.9 Å². The summed E-state index contributed by atoms with van der Waals surface area (Å²) in [5, 5.41) is 2.94. The maximum atomic E-state index is 12.5. The molecular weight excluding hydrogens is 380 g/mol. The number of carbonyl (C=O) groups excluding carboxylic acids is 2. The monoisotopic (exact) mass is 400 g/mol. The van der Waals surface area contributed by atoms with Gasteiger partial charge < -0.3 is 10.2 Å². The second kappa shape index (κ2) is 7.40. The largest absolute Gasteiger partial charge is 0.338 e. The summed E-state index contributed by atoms with van der Waals surface area (Å²) in [7, 11) is 0. The van der Waals surface area contributed by atoms with Crippen LogP contribution in [0.5, 0.6) is 0 Å². The van der Waals surface area contributed by atoms with Gasteiger partial charge in [0, 0.05) is 29.2 Å². The van der Waals surface area contributed by atoms with E-state index in [0.29, 0.717) is 12.1 Å². The lowest BCUT2D eigenvalue weighted by atomic mass is 9.98. The summed E-state index contributed by atoms with van der Waals surface area (Å²) < 4.78 is 0.763. The van der Waals surface area contributed by atoms with Crippen LogP contribution < -0.4 is 5.32 Å². The Balaban J connectivity index is 1.77. The molecule has 0 saturated heterocycles. The Morgan fingerprint density at radius 1 is 1.12 bits per heavy atom. The van der Waals surface area contributed by atoms with Gasteiger partial charge in [0.1, 0.15) is 0 Å². The number of amides is 2. The van der Waals surface area contributed by atoms with E-state index in [2.05, 4.69) is 21.2 Å². The standard InChI is InChI=1S/C20H21BrN2O2/c1-13(2)20(25)23-10-9-14-7-8-16(11-15(14)12-23)22-19(24)17-5-3-4-6-18(17)21/h3-8,11,13H,9-10,12H2,1-2H3,(H,22,24). The van der Waals surface area contributed by atoms with Gasteiger partial charge in [-0.05, 0) is 57.7 Å². The zero-order valence-corrected chi connectivity index (χ0v) is 16.0. The molecule has 0 radical (unpaired) electrons. The molecule has 1 heterocycles. The Bertz CT molecular complexity index is 817. The van der Waals surface area contributed by atoms with Crippen LogP contribution in [0.3, 0.4) is 0 Å². The highest BCUT2D eigenvalue weighted by atomic mass is 79.9. The van der Waals surface area contributed by atoms with Crippen molar-refractivity contribution in [3.05, 3.63) is 63.6 Å². The van der Waals surface area contributed by atoms with E-state index >= 15 is 0 Å².